The molecule has 2 aromatic heterocycles. The molecule has 0 aromatic carbocycles. The van der Waals surface area contributed by atoms with Crippen LogP contribution in [0.4, 0.5) is 0 Å². The number of H-pyrrole nitrogens is 1. The number of aromatic nitrogens is 4. The summed E-state index contributed by atoms with van der Waals surface area (Å²) < 4.78 is 0. The van der Waals surface area contributed by atoms with Crippen LogP contribution in [0.2, 0.25) is 5.15 Å². The minimum atomic E-state index is -0.507. The van der Waals surface area contributed by atoms with Crippen LogP contribution >= 0.6 is 11.6 Å². The Hall–Kier alpha value is -1.49. The van der Waals surface area contributed by atoms with E-state index in [1.807, 2.05) is 0 Å². The molecule has 2 saturated carbocycles. The molecule has 1 N–H and O–H groups in total. The Kier molecular flexibility index (Phi) is 2.20. The van der Waals surface area contributed by atoms with E-state index in [-0.39, 0.29) is 5.41 Å². The predicted octanol–water partition coefficient (Wildman–Crippen LogP) is 2.65. The maximum Gasteiger partial charge on any atom is 0.197 e. The molecule has 5 nitrogen and oxygen atoms in total. The first-order valence-electron chi connectivity index (χ1n) is 6.87. The van der Waals surface area contributed by atoms with Crippen LogP contribution < -0.4 is 0 Å². The zero-order chi connectivity index (χ0) is 14.1. The second-order valence-corrected chi connectivity index (χ2v) is 6.83. The SMILES string of the molecule is CC1(C)C2CCC1(c1nc3ncc(Cl)nc3[nH]1)C(=O)C2. The van der Waals surface area contributed by atoms with Gasteiger partial charge in [0.1, 0.15) is 16.8 Å². The number of rotatable bonds is 1. The molecule has 2 unspecified atom stereocenters. The Morgan fingerprint density at radius 1 is 1.40 bits per heavy atom. The smallest absolute Gasteiger partial charge is 0.197 e. The minimum absolute atomic E-state index is 0.0677. The van der Waals surface area contributed by atoms with Crippen LogP contribution in [0.25, 0.3) is 11.3 Å². The molecule has 2 aliphatic rings. The van der Waals surface area contributed by atoms with E-state index < -0.39 is 5.41 Å². The minimum Gasteiger partial charge on any atom is -0.324 e. The molecule has 0 amide bonds. The number of Topliss-reactive ketones (excluding diaryl/α,β-unsaturated/α-hetero) is 1. The topological polar surface area (TPSA) is 71.5 Å². The third kappa shape index (κ3) is 1.24. The average molecular weight is 291 g/mol. The quantitative estimate of drug-likeness (QED) is 0.876. The second-order valence-electron chi connectivity index (χ2n) is 6.44. The molecule has 0 spiro atoms. The van der Waals surface area contributed by atoms with Crippen molar-refractivity contribution in [3.05, 3.63) is 17.2 Å². The molecule has 0 aliphatic heterocycles. The first-order valence-corrected chi connectivity index (χ1v) is 7.25. The Morgan fingerprint density at radius 2 is 2.20 bits per heavy atom. The summed E-state index contributed by atoms with van der Waals surface area (Å²) in [5.41, 5.74) is 0.507. The van der Waals surface area contributed by atoms with Crippen molar-refractivity contribution in [3.8, 4) is 0 Å². The second kappa shape index (κ2) is 3.58. The average Bonchev–Trinajstić information content (AvgIpc) is 2.96. The molecule has 104 valence electrons. The highest BCUT2D eigenvalue weighted by atomic mass is 35.5. The summed E-state index contributed by atoms with van der Waals surface area (Å²) in [5, 5.41) is 0.325. The fourth-order valence-electron chi connectivity index (χ4n) is 4.21. The molecule has 0 saturated heterocycles. The molecule has 2 aromatic rings. The van der Waals surface area contributed by atoms with Gasteiger partial charge in [-0.1, -0.05) is 25.4 Å². The van der Waals surface area contributed by atoms with Crippen LogP contribution in [0, 0.1) is 11.3 Å². The normalized spacial score (nSPS) is 31.4. The van der Waals surface area contributed by atoms with Gasteiger partial charge in [-0.2, -0.15) is 0 Å². The number of carbonyl (C=O) groups is 1. The molecular weight excluding hydrogens is 276 g/mol. The number of aromatic amines is 1. The van der Waals surface area contributed by atoms with Crippen LogP contribution in [0.1, 0.15) is 38.9 Å². The number of hydrogen-bond acceptors (Lipinski definition) is 4. The highest BCUT2D eigenvalue weighted by molar-refractivity contribution is 6.29. The van der Waals surface area contributed by atoms with Gasteiger partial charge >= 0.3 is 0 Å². The summed E-state index contributed by atoms with van der Waals surface area (Å²) in [7, 11) is 0. The van der Waals surface area contributed by atoms with E-state index in [1.54, 1.807) is 0 Å². The lowest BCUT2D eigenvalue weighted by molar-refractivity contribution is -0.124. The molecule has 2 aliphatic carbocycles. The predicted molar refractivity (Wildman–Crippen MR) is 74.5 cm³/mol. The summed E-state index contributed by atoms with van der Waals surface area (Å²) in [5.74, 6) is 1.46. The summed E-state index contributed by atoms with van der Waals surface area (Å²) >= 11 is 5.86. The molecule has 0 radical (unpaired) electrons. The lowest BCUT2D eigenvalue weighted by Gasteiger charge is -2.34. The van der Waals surface area contributed by atoms with E-state index >= 15 is 0 Å². The summed E-state index contributed by atoms with van der Waals surface area (Å²) in [6, 6.07) is 0. The number of carbonyl (C=O) groups excluding carboxylic acids is 1. The number of nitrogens with one attached hydrogen (secondary N) is 1. The van der Waals surface area contributed by atoms with E-state index in [0.717, 1.165) is 12.8 Å². The fourth-order valence-corrected chi connectivity index (χ4v) is 4.34. The van der Waals surface area contributed by atoms with Gasteiger partial charge in [0.05, 0.1) is 11.6 Å². The molecular formula is C14H15ClN4O. The van der Waals surface area contributed by atoms with Crippen LogP contribution in [-0.2, 0) is 10.2 Å². The first kappa shape index (κ1) is 12.3. The van der Waals surface area contributed by atoms with Gasteiger partial charge in [-0.25, -0.2) is 15.0 Å². The highest BCUT2D eigenvalue weighted by Crippen LogP contribution is 2.63. The third-order valence-corrected chi connectivity index (χ3v) is 5.66. The summed E-state index contributed by atoms with van der Waals surface area (Å²) in [6.07, 6.45) is 4.07. The van der Waals surface area contributed by atoms with Crippen molar-refractivity contribution >= 4 is 28.7 Å². The molecule has 2 fully saturated rings. The Balaban J connectivity index is 1.95. The van der Waals surface area contributed by atoms with Gasteiger partial charge in [0.15, 0.2) is 11.3 Å². The van der Waals surface area contributed by atoms with E-state index in [9.17, 15) is 4.79 Å². The van der Waals surface area contributed by atoms with Crippen LogP contribution in [0.15, 0.2) is 6.20 Å². The zero-order valence-electron chi connectivity index (χ0n) is 11.4. The van der Waals surface area contributed by atoms with E-state index in [2.05, 4.69) is 33.8 Å². The Morgan fingerprint density at radius 3 is 2.85 bits per heavy atom. The largest absolute Gasteiger partial charge is 0.324 e. The van der Waals surface area contributed by atoms with Gasteiger partial charge in [-0.3, -0.25) is 4.79 Å². The van der Waals surface area contributed by atoms with Crippen molar-refractivity contribution in [2.75, 3.05) is 0 Å². The van der Waals surface area contributed by atoms with Crippen molar-refractivity contribution in [2.24, 2.45) is 11.3 Å². The molecule has 2 atom stereocenters. The summed E-state index contributed by atoms with van der Waals surface area (Å²) in [4.78, 5) is 28.7. The molecule has 2 heterocycles. The number of ketones is 1. The molecule has 6 heteroatoms. The van der Waals surface area contributed by atoms with Crippen LogP contribution in [0.3, 0.4) is 0 Å². The standard InChI is InChI=1S/C14H15ClN4O/c1-13(2)7-3-4-14(13,8(20)5-7)12-18-10-11(19-12)17-9(15)6-16-10/h6-7H,3-5H2,1-2H3,(H,16,17,18,19). The fraction of sp³-hybridized carbons (Fsp3) is 0.571. The van der Waals surface area contributed by atoms with Crippen molar-refractivity contribution < 1.29 is 4.79 Å². The lowest BCUT2D eigenvalue weighted by atomic mass is 9.68. The van der Waals surface area contributed by atoms with Crippen LogP contribution in [-0.4, -0.2) is 25.7 Å². The number of nitrogens with zero attached hydrogens (tertiary/aromatic N) is 3. The van der Waals surface area contributed by atoms with Crippen molar-refractivity contribution in [3.63, 3.8) is 0 Å². The lowest BCUT2D eigenvalue weighted by Crippen LogP contribution is -2.41. The number of imidazole rings is 1. The van der Waals surface area contributed by atoms with Crippen molar-refractivity contribution in [1.82, 2.24) is 19.9 Å². The van der Waals surface area contributed by atoms with Crippen molar-refractivity contribution in [2.45, 2.75) is 38.5 Å². The van der Waals surface area contributed by atoms with Crippen molar-refractivity contribution in [1.29, 1.82) is 0 Å². The summed E-state index contributed by atoms with van der Waals surface area (Å²) in [6.45, 7) is 4.35. The van der Waals surface area contributed by atoms with Gasteiger partial charge in [0.25, 0.3) is 0 Å². The first-order chi connectivity index (χ1) is 9.45. The maximum absolute atomic E-state index is 12.6. The monoisotopic (exact) mass is 290 g/mol. The Labute approximate surface area is 121 Å². The van der Waals surface area contributed by atoms with E-state index in [4.69, 9.17) is 11.6 Å². The zero-order valence-corrected chi connectivity index (χ0v) is 12.2. The Bertz CT molecular complexity index is 738. The number of halogens is 1. The van der Waals surface area contributed by atoms with E-state index in [1.165, 1.54) is 6.20 Å². The highest BCUT2D eigenvalue weighted by Gasteiger charge is 2.66. The maximum atomic E-state index is 12.6. The molecule has 4 rings (SSSR count). The van der Waals surface area contributed by atoms with Gasteiger partial charge < -0.3 is 4.98 Å². The van der Waals surface area contributed by atoms with Gasteiger partial charge in [-0.05, 0) is 24.2 Å². The third-order valence-electron chi connectivity index (χ3n) is 5.48. The van der Waals surface area contributed by atoms with Gasteiger partial charge in [0, 0.05) is 6.42 Å². The van der Waals surface area contributed by atoms with Gasteiger partial charge in [0.2, 0.25) is 0 Å². The molecule has 20 heavy (non-hydrogen) atoms. The van der Waals surface area contributed by atoms with Gasteiger partial charge in [-0.15, -0.1) is 0 Å². The number of hydrogen-bond donors (Lipinski definition) is 1. The van der Waals surface area contributed by atoms with E-state index in [0.29, 0.717) is 40.4 Å². The van der Waals surface area contributed by atoms with Crippen LogP contribution in [0.5, 0.6) is 0 Å². The molecule has 2 bridgehead atoms. The number of fused-ring (bicyclic) bond motifs is 3.